The monoisotopic (exact) mass is 340 g/mol. The van der Waals surface area contributed by atoms with E-state index in [-0.39, 0.29) is 5.88 Å². The minimum atomic E-state index is 0.148. The number of fused-ring (bicyclic) bond motifs is 2. The van der Waals surface area contributed by atoms with Gasteiger partial charge in [-0.2, -0.15) is 0 Å². The van der Waals surface area contributed by atoms with Gasteiger partial charge < -0.3 is 10.1 Å². The molecule has 2 heterocycles. The topological polar surface area (TPSA) is 73.1 Å². The zero-order valence-electron chi connectivity index (χ0n) is 10.7. The molecule has 1 aliphatic heterocycles. The van der Waals surface area contributed by atoms with E-state index in [4.69, 9.17) is 0 Å². The van der Waals surface area contributed by atoms with Crippen molar-refractivity contribution >= 4 is 38.6 Å². The number of halogens is 1. The highest BCUT2D eigenvalue weighted by Crippen LogP contribution is 2.30. The van der Waals surface area contributed by atoms with Gasteiger partial charge in [0.25, 0.3) is 0 Å². The normalized spacial score (nSPS) is 13.7. The van der Waals surface area contributed by atoms with Crippen molar-refractivity contribution in [1.29, 1.82) is 0 Å². The predicted octanol–water partition coefficient (Wildman–Crippen LogP) is 3.10. The van der Waals surface area contributed by atoms with Crippen LogP contribution in [0.25, 0.3) is 17.0 Å². The number of H-pyrrole nitrogens is 1. The van der Waals surface area contributed by atoms with Gasteiger partial charge in [0.1, 0.15) is 11.0 Å². The fraction of sp³-hybridized carbons (Fsp3) is 0. The van der Waals surface area contributed by atoms with Gasteiger partial charge in [-0.3, -0.25) is 0 Å². The molecule has 0 unspecified atom stereocenters. The molecule has 3 aromatic rings. The minimum absolute atomic E-state index is 0.148. The maximum Gasteiger partial charge on any atom is 0.196 e. The zero-order valence-corrected chi connectivity index (χ0v) is 12.3. The Morgan fingerprint density at radius 2 is 2.05 bits per heavy atom. The molecule has 2 N–H and O–H groups in total. The first-order valence-corrected chi connectivity index (χ1v) is 7.11. The fourth-order valence-corrected chi connectivity index (χ4v) is 2.76. The third kappa shape index (κ3) is 2.04. The van der Waals surface area contributed by atoms with Crippen LogP contribution in [0.5, 0.6) is 5.88 Å². The third-order valence-corrected chi connectivity index (χ3v) is 3.89. The first-order valence-electron chi connectivity index (χ1n) is 6.31. The highest BCUT2D eigenvalue weighted by Gasteiger charge is 2.09. The van der Waals surface area contributed by atoms with Crippen LogP contribution in [-0.2, 0) is 0 Å². The second-order valence-electron chi connectivity index (χ2n) is 4.76. The van der Waals surface area contributed by atoms with Crippen molar-refractivity contribution < 1.29 is 5.11 Å². The number of hydrogen-bond acceptors (Lipinski definition) is 4. The molecule has 102 valence electrons. The Morgan fingerprint density at radius 3 is 2.95 bits per heavy atom. The molecular formula is C15H9BrN4O. The number of aromatic nitrogens is 1. The van der Waals surface area contributed by atoms with Gasteiger partial charge >= 0.3 is 0 Å². The van der Waals surface area contributed by atoms with Crippen molar-refractivity contribution in [2.75, 3.05) is 0 Å². The predicted molar refractivity (Wildman–Crippen MR) is 83.0 cm³/mol. The summed E-state index contributed by atoms with van der Waals surface area (Å²) < 4.78 is 0.963. The molecule has 0 radical (unpaired) electrons. The van der Waals surface area contributed by atoms with E-state index in [0.29, 0.717) is 0 Å². The lowest BCUT2D eigenvalue weighted by Crippen LogP contribution is -2.06. The summed E-state index contributed by atoms with van der Waals surface area (Å²) in [6, 6.07) is 11.5. The van der Waals surface area contributed by atoms with Crippen LogP contribution in [0.15, 0.2) is 56.3 Å². The van der Waals surface area contributed by atoms with Crippen LogP contribution in [0, 0.1) is 0 Å². The molecule has 0 fully saturated rings. The molecule has 0 spiro atoms. The van der Waals surface area contributed by atoms with Crippen molar-refractivity contribution in [2.24, 2.45) is 15.4 Å². The van der Waals surface area contributed by atoms with Crippen molar-refractivity contribution in [2.45, 2.75) is 0 Å². The van der Waals surface area contributed by atoms with Crippen LogP contribution in [0.1, 0.15) is 5.56 Å². The Kier molecular flexibility index (Phi) is 2.65. The molecule has 0 aliphatic carbocycles. The number of aromatic hydroxyl groups is 1. The van der Waals surface area contributed by atoms with Crippen LogP contribution in [0.4, 0.5) is 5.69 Å². The summed E-state index contributed by atoms with van der Waals surface area (Å²) in [6.45, 7) is 0. The van der Waals surface area contributed by atoms with Gasteiger partial charge in [0.15, 0.2) is 5.88 Å². The average molecular weight is 341 g/mol. The smallest absolute Gasteiger partial charge is 0.196 e. The second kappa shape index (κ2) is 4.53. The van der Waals surface area contributed by atoms with Gasteiger partial charge in [0.2, 0.25) is 0 Å². The van der Waals surface area contributed by atoms with Crippen LogP contribution in [0.2, 0.25) is 0 Å². The largest absolute Gasteiger partial charge is 0.494 e. The molecule has 1 aromatic heterocycles. The zero-order chi connectivity index (χ0) is 14.4. The maximum absolute atomic E-state index is 10.1. The Balaban J connectivity index is 1.97. The molecule has 2 aromatic carbocycles. The van der Waals surface area contributed by atoms with Gasteiger partial charge in [-0.05, 0) is 46.8 Å². The fourth-order valence-electron chi connectivity index (χ4n) is 2.40. The molecule has 0 amide bonds. The summed E-state index contributed by atoms with van der Waals surface area (Å²) in [6.07, 6.45) is 1.91. The average Bonchev–Trinajstić information content (AvgIpc) is 3.04. The van der Waals surface area contributed by atoms with E-state index >= 15 is 0 Å². The Morgan fingerprint density at radius 1 is 1.14 bits per heavy atom. The molecule has 0 atom stereocenters. The second-order valence-corrected chi connectivity index (χ2v) is 5.67. The van der Waals surface area contributed by atoms with E-state index < -0.39 is 0 Å². The van der Waals surface area contributed by atoms with E-state index in [1.807, 2.05) is 42.5 Å². The number of nitrogens with zero attached hydrogens (tertiary/aromatic N) is 3. The van der Waals surface area contributed by atoms with Crippen LogP contribution in [0.3, 0.4) is 0 Å². The highest BCUT2D eigenvalue weighted by molar-refractivity contribution is 9.10. The Labute approximate surface area is 127 Å². The molecule has 1 aliphatic rings. The Hall–Kier alpha value is -2.47. The lowest BCUT2D eigenvalue weighted by Gasteiger charge is -1.95. The molecule has 0 bridgehead atoms. The van der Waals surface area contributed by atoms with Gasteiger partial charge in [0, 0.05) is 20.9 Å². The maximum atomic E-state index is 10.1. The van der Waals surface area contributed by atoms with Gasteiger partial charge in [0.05, 0.1) is 0 Å². The number of rotatable bonds is 1. The van der Waals surface area contributed by atoms with Crippen LogP contribution in [-0.4, -0.2) is 10.1 Å². The number of hydrogen-bond donors (Lipinski definition) is 2. The summed E-state index contributed by atoms with van der Waals surface area (Å²) >= 11 is 3.45. The van der Waals surface area contributed by atoms with Gasteiger partial charge in [-0.25, -0.2) is 0 Å². The van der Waals surface area contributed by atoms with E-state index in [1.54, 1.807) is 0 Å². The standard InChI is InChI=1S/C15H9BrN4O/c16-9-2-4-12-10(7-9)11(15(21)17-12)5-8-1-3-13-14(6-8)19-20-18-13/h1-7,17,21H. The van der Waals surface area contributed by atoms with Crippen LogP contribution >= 0.6 is 15.9 Å². The molecular weight excluding hydrogens is 332 g/mol. The van der Waals surface area contributed by atoms with Crippen molar-refractivity contribution in [1.82, 2.24) is 4.98 Å². The van der Waals surface area contributed by atoms with Crippen molar-refractivity contribution in [3.05, 3.63) is 57.0 Å². The van der Waals surface area contributed by atoms with Crippen LogP contribution < -0.4 is 10.6 Å². The number of benzene rings is 2. The third-order valence-electron chi connectivity index (χ3n) is 3.40. The first-order chi connectivity index (χ1) is 10.2. The minimum Gasteiger partial charge on any atom is -0.494 e. The highest BCUT2D eigenvalue weighted by atomic mass is 79.9. The summed E-state index contributed by atoms with van der Waals surface area (Å²) in [5.41, 5.74) is 2.38. The lowest BCUT2D eigenvalue weighted by molar-refractivity contribution is 0.457. The molecule has 0 saturated carbocycles. The SMILES string of the molecule is Oc1[nH]c2ccc(Br)cc2c1C=c1ccc2c(c1)N=NN=2. The van der Waals surface area contributed by atoms with E-state index in [0.717, 1.165) is 37.2 Å². The summed E-state index contributed by atoms with van der Waals surface area (Å²) in [5, 5.41) is 24.3. The van der Waals surface area contributed by atoms with Crippen molar-refractivity contribution in [3.8, 4) is 5.88 Å². The van der Waals surface area contributed by atoms with Gasteiger partial charge in [-0.15, -0.1) is 10.2 Å². The van der Waals surface area contributed by atoms with Crippen molar-refractivity contribution in [3.63, 3.8) is 0 Å². The molecule has 21 heavy (non-hydrogen) atoms. The lowest BCUT2D eigenvalue weighted by atomic mass is 10.1. The quantitative estimate of drug-likeness (QED) is 0.701. The molecule has 4 rings (SSSR count). The van der Waals surface area contributed by atoms with E-state index in [1.165, 1.54) is 0 Å². The first kappa shape index (κ1) is 12.3. The Bertz CT molecular complexity index is 1020. The summed E-state index contributed by atoms with van der Waals surface area (Å²) in [7, 11) is 0. The molecule has 5 nitrogen and oxygen atoms in total. The number of aromatic amines is 1. The van der Waals surface area contributed by atoms with E-state index in [9.17, 15) is 5.11 Å². The molecule has 0 saturated heterocycles. The van der Waals surface area contributed by atoms with Gasteiger partial charge in [-0.1, -0.05) is 22.0 Å². The summed E-state index contributed by atoms with van der Waals surface area (Å²) in [4.78, 5) is 2.97. The summed E-state index contributed by atoms with van der Waals surface area (Å²) in [5.74, 6) is 0.148. The molecule has 6 heteroatoms. The van der Waals surface area contributed by atoms with E-state index in [2.05, 4.69) is 36.4 Å². The number of nitrogens with one attached hydrogen (secondary N) is 1.